The van der Waals surface area contributed by atoms with Crippen LogP contribution in [0.2, 0.25) is 0 Å². The highest BCUT2D eigenvalue weighted by atomic mass is 16.3. The minimum Gasteiger partial charge on any atom is -0.392 e. The van der Waals surface area contributed by atoms with E-state index in [1.54, 1.807) is 6.92 Å². The molecule has 1 amide bonds. The molecule has 3 rings (SSSR count). The van der Waals surface area contributed by atoms with E-state index in [1.807, 2.05) is 59.1 Å². The second-order valence-electron chi connectivity index (χ2n) is 6.50. The highest BCUT2D eigenvalue weighted by Gasteiger charge is 2.25. The number of nitrogens with zero attached hydrogens (tertiary/aromatic N) is 3. The molecule has 5 heteroatoms. The number of β-amino-alcohol motifs (C(OH)–C–C–N with tert-alkyl or cyclic N) is 1. The summed E-state index contributed by atoms with van der Waals surface area (Å²) in [6, 6.07) is 9.82. The Bertz CT molecular complexity index is 687. The van der Waals surface area contributed by atoms with Crippen LogP contribution in [0, 0.1) is 6.92 Å². The summed E-state index contributed by atoms with van der Waals surface area (Å²) in [6.07, 6.45) is 3.61. The number of hydrogen-bond acceptors (Lipinski definition) is 3. The summed E-state index contributed by atoms with van der Waals surface area (Å²) in [5, 5.41) is 9.51. The van der Waals surface area contributed by atoms with Crippen molar-refractivity contribution < 1.29 is 9.90 Å². The first-order valence-electron chi connectivity index (χ1n) is 8.49. The number of carbonyl (C=O) groups is 1. The maximum absolute atomic E-state index is 13.0. The molecule has 0 saturated carbocycles. The Morgan fingerprint density at radius 1 is 1.12 bits per heavy atom. The molecule has 1 unspecified atom stereocenters. The predicted molar refractivity (Wildman–Crippen MR) is 94.5 cm³/mol. The van der Waals surface area contributed by atoms with Gasteiger partial charge in [-0.1, -0.05) is 12.1 Å². The van der Waals surface area contributed by atoms with E-state index in [1.165, 1.54) is 0 Å². The van der Waals surface area contributed by atoms with Gasteiger partial charge in [0.05, 0.1) is 17.4 Å². The van der Waals surface area contributed by atoms with Crippen LogP contribution in [0.3, 0.4) is 0 Å². The number of amides is 1. The molecular formula is C19H25N3O2. The number of aliphatic hydroxyl groups is 1. The van der Waals surface area contributed by atoms with Crippen LogP contribution >= 0.6 is 0 Å². The lowest BCUT2D eigenvalue weighted by molar-refractivity contribution is 0.0554. The van der Waals surface area contributed by atoms with Gasteiger partial charge in [-0.05, 0) is 37.6 Å². The average Bonchev–Trinajstić information content (AvgIpc) is 3.08. The number of hydrogen-bond donors (Lipinski definition) is 1. The molecule has 1 saturated heterocycles. The topological polar surface area (TPSA) is 48.7 Å². The van der Waals surface area contributed by atoms with Crippen molar-refractivity contribution >= 4 is 5.91 Å². The molecule has 1 aliphatic heterocycles. The van der Waals surface area contributed by atoms with E-state index in [2.05, 4.69) is 4.90 Å². The molecule has 2 heterocycles. The van der Waals surface area contributed by atoms with Crippen LogP contribution in [0.4, 0.5) is 0 Å². The van der Waals surface area contributed by atoms with Crippen LogP contribution in [0.15, 0.2) is 42.7 Å². The second-order valence-corrected chi connectivity index (χ2v) is 6.50. The summed E-state index contributed by atoms with van der Waals surface area (Å²) >= 11 is 0. The molecule has 0 radical (unpaired) electrons. The van der Waals surface area contributed by atoms with Crippen molar-refractivity contribution in [2.75, 3.05) is 32.7 Å². The number of benzene rings is 1. The molecule has 1 aromatic heterocycles. The summed E-state index contributed by atoms with van der Waals surface area (Å²) < 4.78 is 2.01. The Kier molecular flexibility index (Phi) is 5.02. The fraction of sp³-hybridized carbons (Fsp3) is 0.421. The SMILES string of the molecule is Cc1cccc(C(=O)N2CCN(CC(C)O)CC2)c1-n1cccc1. The summed E-state index contributed by atoms with van der Waals surface area (Å²) in [5.74, 6) is 0.0825. The lowest BCUT2D eigenvalue weighted by Crippen LogP contribution is -2.50. The highest BCUT2D eigenvalue weighted by Crippen LogP contribution is 2.22. The molecule has 0 spiro atoms. The zero-order chi connectivity index (χ0) is 17.1. The summed E-state index contributed by atoms with van der Waals surface area (Å²) in [7, 11) is 0. The van der Waals surface area contributed by atoms with Gasteiger partial charge in [-0.3, -0.25) is 9.69 Å². The van der Waals surface area contributed by atoms with Gasteiger partial charge < -0.3 is 14.6 Å². The number of aliphatic hydroxyl groups excluding tert-OH is 1. The van der Waals surface area contributed by atoms with Crippen molar-refractivity contribution in [3.8, 4) is 5.69 Å². The average molecular weight is 327 g/mol. The normalized spacial score (nSPS) is 17.0. The van der Waals surface area contributed by atoms with E-state index in [0.29, 0.717) is 19.6 Å². The van der Waals surface area contributed by atoms with Gasteiger partial charge in [0.15, 0.2) is 0 Å². The minimum atomic E-state index is -0.329. The first-order chi connectivity index (χ1) is 11.6. The van der Waals surface area contributed by atoms with Gasteiger partial charge in [0.25, 0.3) is 5.91 Å². The van der Waals surface area contributed by atoms with Crippen LogP contribution < -0.4 is 0 Å². The van der Waals surface area contributed by atoms with E-state index >= 15 is 0 Å². The molecule has 2 aromatic rings. The molecule has 5 nitrogen and oxygen atoms in total. The third kappa shape index (κ3) is 3.52. The predicted octanol–water partition coefficient (Wildman–Crippen LogP) is 1.92. The molecule has 128 valence electrons. The van der Waals surface area contributed by atoms with Crippen molar-refractivity contribution in [1.29, 1.82) is 0 Å². The Morgan fingerprint density at radius 3 is 2.42 bits per heavy atom. The summed E-state index contributed by atoms with van der Waals surface area (Å²) in [4.78, 5) is 17.2. The Balaban J connectivity index is 1.78. The number of rotatable bonds is 4. The van der Waals surface area contributed by atoms with Gasteiger partial charge in [-0.15, -0.1) is 0 Å². The van der Waals surface area contributed by atoms with Crippen molar-refractivity contribution in [3.63, 3.8) is 0 Å². The molecular weight excluding hydrogens is 302 g/mol. The van der Waals surface area contributed by atoms with E-state index in [0.717, 1.165) is 29.9 Å². The van der Waals surface area contributed by atoms with Crippen LogP contribution in [-0.2, 0) is 0 Å². The first-order valence-corrected chi connectivity index (χ1v) is 8.49. The molecule has 0 bridgehead atoms. The van der Waals surface area contributed by atoms with Gasteiger partial charge in [0.2, 0.25) is 0 Å². The number of aromatic nitrogens is 1. The van der Waals surface area contributed by atoms with E-state index < -0.39 is 0 Å². The lowest BCUT2D eigenvalue weighted by Gasteiger charge is -2.35. The smallest absolute Gasteiger partial charge is 0.256 e. The third-order valence-electron chi connectivity index (χ3n) is 4.51. The van der Waals surface area contributed by atoms with Crippen molar-refractivity contribution in [2.45, 2.75) is 20.0 Å². The van der Waals surface area contributed by atoms with E-state index in [4.69, 9.17) is 0 Å². The molecule has 1 fully saturated rings. The quantitative estimate of drug-likeness (QED) is 0.933. The van der Waals surface area contributed by atoms with Crippen molar-refractivity contribution in [1.82, 2.24) is 14.4 Å². The standard InChI is InChI=1S/C19H25N3O2/c1-15-6-5-7-17(18(15)21-8-3-4-9-21)19(24)22-12-10-20(11-13-22)14-16(2)23/h3-9,16,23H,10-14H2,1-2H3. The van der Waals surface area contributed by atoms with E-state index in [9.17, 15) is 9.90 Å². The molecule has 0 aliphatic carbocycles. The van der Waals surface area contributed by atoms with Gasteiger partial charge in [-0.2, -0.15) is 0 Å². The summed E-state index contributed by atoms with van der Waals surface area (Å²) in [5.41, 5.74) is 2.79. The van der Waals surface area contributed by atoms with Gasteiger partial charge >= 0.3 is 0 Å². The zero-order valence-corrected chi connectivity index (χ0v) is 14.4. The monoisotopic (exact) mass is 327 g/mol. The molecule has 1 N–H and O–H groups in total. The number of carbonyl (C=O) groups excluding carboxylic acids is 1. The van der Waals surface area contributed by atoms with Gasteiger partial charge in [0, 0.05) is 45.1 Å². The Labute approximate surface area is 143 Å². The van der Waals surface area contributed by atoms with Crippen molar-refractivity contribution in [3.05, 3.63) is 53.9 Å². The van der Waals surface area contributed by atoms with Gasteiger partial charge in [0.1, 0.15) is 0 Å². The maximum Gasteiger partial charge on any atom is 0.256 e. The van der Waals surface area contributed by atoms with E-state index in [-0.39, 0.29) is 12.0 Å². The zero-order valence-electron chi connectivity index (χ0n) is 14.4. The molecule has 24 heavy (non-hydrogen) atoms. The third-order valence-corrected chi connectivity index (χ3v) is 4.51. The lowest BCUT2D eigenvalue weighted by atomic mass is 10.1. The fourth-order valence-electron chi connectivity index (χ4n) is 3.34. The number of para-hydroxylation sites is 1. The number of aryl methyl sites for hydroxylation is 1. The Morgan fingerprint density at radius 2 is 1.79 bits per heavy atom. The Hall–Kier alpha value is -2.11. The van der Waals surface area contributed by atoms with Crippen molar-refractivity contribution in [2.24, 2.45) is 0 Å². The van der Waals surface area contributed by atoms with Crippen LogP contribution in [-0.4, -0.2) is 64.2 Å². The highest BCUT2D eigenvalue weighted by molar-refractivity contribution is 5.98. The molecule has 1 aliphatic rings. The maximum atomic E-state index is 13.0. The van der Waals surface area contributed by atoms with Crippen LogP contribution in [0.25, 0.3) is 5.69 Å². The van der Waals surface area contributed by atoms with Crippen LogP contribution in [0.1, 0.15) is 22.8 Å². The first kappa shape index (κ1) is 16.7. The minimum absolute atomic E-state index is 0.0825. The summed E-state index contributed by atoms with van der Waals surface area (Å²) in [6.45, 7) is 7.51. The van der Waals surface area contributed by atoms with Crippen LogP contribution in [0.5, 0.6) is 0 Å². The second kappa shape index (κ2) is 7.20. The largest absolute Gasteiger partial charge is 0.392 e. The fourth-order valence-corrected chi connectivity index (χ4v) is 3.34. The molecule has 1 aromatic carbocycles. The molecule has 1 atom stereocenters. The van der Waals surface area contributed by atoms with Gasteiger partial charge in [-0.25, -0.2) is 0 Å². The number of piperazine rings is 1.